The second-order valence-electron chi connectivity index (χ2n) is 4.37. The van der Waals surface area contributed by atoms with Crippen molar-refractivity contribution in [2.45, 2.75) is 6.54 Å². The molecule has 2 rings (SSSR count). The Bertz CT molecular complexity index is 695. The summed E-state index contributed by atoms with van der Waals surface area (Å²) in [4.78, 5) is 13.8. The summed E-state index contributed by atoms with van der Waals surface area (Å²) in [5, 5.41) is 12.2. The van der Waals surface area contributed by atoms with Crippen LogP contribution in [0, 0.1) is 17.6 Å². The van der Waals surface area contributed by atoms with E-state index in [1.807, 2.05) is 18.2 Å². The molecule has 2 aromatic rings. The fourth-order valence-electron chi connectivity index (χ4n) is 1.90. The van der Waals surface area contributed by atoms with E-state index in [0.717, 1.165) is 5.56 Å². The van der Waals surface area contributed by atoms with Gasteiger partial charge in [0.1, 0.15) is 0 Å². The number of nitrogens with zero attached hydrogens (tertiary/aromatic N) is 2. The van der Waals surface area contributed by atoms with Gasteiger partial charge in [-0.1, -0.05) is 35.7 Å². The van der Waals surface area contributed by atoms with Crippen LogP contribution in [0.3, 0.4) is 0 Å². The van der Waals surface area contributed by atoms with Crippen LogP contribution in [0.2, 0.25) is 5.02 Å². The molecule has 0 radical (unpaired) electrons. The molecule has 0 aliphatic carbocycles. The molecule has 21 heavy (non-hydrogen) atoms. The van der Waals surface area contributed by atoms with Crippen LogP contribution in [0.25, 0.3) is 0 Å². The minimum absolute atomic E-state index is 0.0276. The van der Waals surface area contributed by atoms with E-state index >= 15 is 0 Å². The van der Waals surface area contributed by atoms with Gasteiger partial charge in [0.15, 0.2) is 6.20 Å². The number of halogens is 1. The van der Waals surface area contributed by atoms with Crippen molar-refractivity contribution in [3.63, 3.8) is 0 Å². The molecule has 0 spiro atoms. The van der Waals surface area contributed by atoms with E-state index in [1.165, 1.54) is 17.2 Å². The molecular weight excluding hydrogens is 288 g/mol. The molecule has 0 bridgehead atoms. The standard InChI is InChI=1S/C16H13ClN2O2/c1-2-10-18(12-13-7-3-4-8-14(13)17)16(20)15-9-5-6-11-19(15)21/h1,3-9,11H,10,12H2. The largest absolute Gasteiger partial charge is 0.618 e. The van der Waals surface area contributed by atoms with Gasteiger partial charge in [0, 0.05) is 23.7 Å². The second-order valence-corrected chi connectivity index (χ2v) is 4.78. The number of carbonyl (C=O) groups excluding carboxylic acids is 1. The van der Waals surface area contributed by atoms with Crippen LogP contribution in [0.1, 0.15) is 16.1 Å². The Balaban J connectivity index is 2.28. The first-order valence-electron chi connectivity index (χ1n) is 6.28. The molecule has 0 N–H and O–H groups in total. The van der Waals surface area contributed by atoms with Crippen molar-refractivity contribution < 1.29 is 9.52 Å². The smallest absolute Gasteiger partial charge is 0.321 e. The summed E-state index contributed by atoms with van der Waals surface area (Å²) in [6.07, 6.45) is 6.59. The van der Waals surface area contributed by atoms with Gasteiger partial charge in [0.25, 0.3) is 5.69 Å². The van der Waals surface area contributed by atoms with Crippen molar-refractivity contribution in [3.05, 3.63) is 70.1 Å². The Kier molecular flexibility index (Phi) is 4.81. The average Bonchev–Trinajstić information content (AvgIpc) is 2.49. The van der Waals surface area contributed by atoms with Gasteiger partial charge in [-0.25, -0.2) is 0 Å². The SMILES string of the molecule is C#CCN(Cc1ccccc1Cl)C(=O)c1cccc[n+]1[O-]. The highest BCUT2D eigenvalue weighted by Gasteiger charge is 2.22. The molecule has 0 fully saturated rings. The third-order valence-corrected chi connectivity index (χ3v) is 3.30. The van der Waals surface area contributed by atoms with E-state index < -0.39 is 5.91 Å². The minimum atomic E-state index is -0.427. The zero-order chi connectivity index (χ0) is 15.2. The molecule has 4 nitrogen and oxygen atoms in total. The zero-order valence-corrected chi connectivity index (χ0v) is 12.0. The van der Waals surface area contributed by atoms with Crippen molar-refractivity contribution in [2.75, 3.05) is 6.54 Å². The third kappa shape index (κ3) is 3.53. The average molecular weight is 301 g/mol. The molecule has 0 atom stereocenters. The summed E-state index contributed by atoms with van der Waals surface area (Å²) >= 11 is 6.09. The normalized spacial score (nSPS) is 9.90. The summed E-state index contributed by atoms with van der Waals surface area (Å²) in [5.41, 5.74) is 0.802. The summed E-state index contributed by atoms with van der Waals surface area (Å²) in [6, 6.07) is 11.8. The first-order chi connectivity index (χ1) is 10.1. The van der Waals surface area contributed by atoms with Gasteiger partial charge in [-0.05, 0) is 17.7 Å². The summed E-state index contributed by atoms with van der Waals surface area (Å²) in [6.45, 7) is 0.344. The fraction of sp³-hybridized carbons (Fsp3) is 0.125. The van der Waals surface area contributed by atoms with Gasteiger partial charge < -0.3 is 10.1 Å². The van der Waals surface area contributed by atoms with E-state index in [2.05, 4.69) is 5.92 Å². The molecule has 1 heterocycles. The molecular formula is C16H13ClN2O2. The van der Waals surface area contributed by atoms with E-state index in [0.29, 0.717) is 9.75 Å². The fourth-order valence-corrected chi connectivity index (χ4v) is 2.09. The highest BCUT2D eigenvalue weighted by atomic mass is 35.5. The van der Waals surface area contributed by atoms with Gasteiger partial charge in [0.05, 0.1) is 6.54 Å². The van der Waals surface area contributed by atoms with Crippen molar-refractivity contribution in [2.24, 2.45) is 0 Å². The van der Waals surface area contributed by atoms with Crippen molar-refractivity contribution in [1.29, 1.82) is 0 Å². The maximum atomic E-state index is 12.4. The molecule has 1 aromatic heterocycles. The molecule has 0 saturated carbocycles. The number of carbonyl (C=O) groups is 1. The number of hydrogen-bond acceptors (Lipinski definition) is 2. The molecule has 1 amide bonds. The topological polar surface area (TPSA) is 47.2 Å². The molecule has 0 unspecified atom stereocenters. The van der Waals surface area contributed by atoms with Crippen LogP contribution in [0.5, 0.6) is 0 Å². The van der Waals surface area contributed by atoms with Crippen LogP contribution in [0.4, 0.5) is 0 Å². The lowest BCUT2D eigenvalue weighted by atomic mass is 10.2. The van der Waals surface area contributed by atoms with E-state index in [4.69, 9.17) is 18.0 Å². The van der Waals surface area contributed by atoms with E-state index in [-0.39, 0.29) is 18.8 Å². The van der Waals surface area contributed by atoms with E-state index in [9.17, 15) is 10.0 Å². The summed E-state index contributed by atoms with van der Waals surface area (Å²) < 4.78 is 0.526. The lowest BCUT2D eigenvalue weighted by molar-refractivity contribution is -0.608. The Morgan fingerprint density at radius 1 is 1.29 bits per heavy atom. The Morgan fingerprint density at radius 3 is 2.67 bits per heavy atom. The van der Waals surface area contributed by atoms with Crippen LogP contribution in [0.15, 0.2) is 48.7 Å². The lowest BCUT2D eigenvalue weighted by Crippen LogP contribution is -2.41. The van der Waals surface area contributed by atoms with Gasteiger partial charge in [0.2, 0.25) is 0 Å². The van der Waals surface area contributed by atoms with Crippen molar-refractivity contribution >= 4 is 17.5 Å². The third-order valence-electron chi connectivity index (χ3n) is 2.93. The van der Waals surface area contributed by atoms with Crippen molar-refractivity contribution in [3.8, 4) is 12.3 Å². The van der Waals surface area contributed by atoms with Gasteiger partial charge in [-0.3, -0.25) is 4.79 Å². The molecule has 0 aliphatic heterocycles. The van der Waals surface area contributed by atoms with Gasteiger partial charge in [-0.15, -0.1) is 6.42 Å². The molecule has 1 aromatic carbocycles. The number of rotatable bonds is 4. The predicted octanol–water partition coefficient (Wildman–Crippen LogP) is 2.25. The highest BCUT2D eigenvalue weighted by molar-refractivity contribution is 6.31. The Hall–Kier alpha value is -2.51. The van der Waals surface area contributed by atoms with Crippen LogP contribution in [-0.2, 0) is 6.54 Å². The Labute approximate surface area is 128 Å². The van der Waals surface area contributed by atoms with Gasteiger partial charge >= 0.3 is 5.91 Å². The first kappa shape index (κ1) is 14.9. The second kappa shape index (κ2) is 6.78. The number of pyridine rings is 1. The molecule has 5 heteroatoms. The Morgan fingerprint density at radius 2 is 2.00 bits per heavy atom. The number of aromatic nitrogens is 1. The predicted molar refractivity (Wildman–Crippen MR) is 80.4 cm³/mol. The number of benzene rings is 1. The maximum absolute atomic E-state index is 12.4. The van der Waals surface area contributed by atoms with Crippen molar-refractivity contribution in [1.82, 2.24) is 4.90 Å². The maximum Gasteiger partial charge on any atom is 0.321 e. The van der Waals surface area contributed by atoms with Crippen LogP contribution >= 0.6 is 11.6 Å². The minimum Gasteiger partial charge on any atom is -0.618 e. The van der Waals surface area contributed by atoms with E-state index in [1.54, 1.807) is 18.2 Å². The summed E-state index contributed by atoms with van der Waals surface area (Å²) in [7, 11) is 0. The van der Waals surface area contributed by atoms with Gasteiger partial charge in [-0.2, -0.15) is 4.73 Å². The first-order valence-corrected chi connectivity index (χ1v) is 6.65. The monoisotopic (exact) mass is 300 g/mol. The molecule has 106 valence electrons. The molecule has 0 saturated heterocycles. The number of hydrogen-bond donors (Lipinski definition) is 0. The quantitative estimate of drug-likeness (QED) is 0.494. The summed E-state index contributed by atoms with van der Waals surface area (Å²) in [5.74, 6) is 2.00. The van der Waals surface area contributed by atoms with Crippen LogP contribution in [-0.4, -0.2) is 17.4 Å². The number of terminal acetylenes is 1. The number of amides is 1. The molecule has 0 aliphatic rings. The van der Waals surface area contributed by atoms with Crippen LogP contribution < -0.4 is 4.73 Å². The highest BCUT2D eigenvalue weighted by Crippen LogP contribution is 2.17. The zero-order valence-electron chi connectivity index (χ0n) is 11.2. The lowest BCUT2D eigenvalue weighted by Gasteiger charge is -2.20.